The molecule has 2 N–H and O–H groups in total. The van der Waals surface area contributed by atoms with Gasteiger partial charge < -0.3 is 5.73 Å². The number of hydrogen-bond acceptors (Lipinski definition) is 3. The van der Waals surface area contributed by atoms with Crippen LogP contribution in [0.2, 0.25) is 5.02 Å². The lowest BCUT2D eigenvalue weighted by atomic mass is 10.0. The molecule has 0 fully saturated rings. The number of imidazole rings is 1. The maximum absolute atomic E-state index is 6.30. The largest absolute Gasteiger partial charge is 0.368 e. The summed E-state index contributed by atoms with van der Waals surface area (Å²) in [6.07, 6.45) is 3.54. The van der Waals surface area contributed by atoms with Gasteiger partial charge in [0.05, 0.1) is 18.1 Å². The van der Waals surface area contributed by atoms with Gasteiger partial charge in [-0.05, 0) is 18.6 Å². The molecule has 0 unspecified atom stereocenters. The van der Waals surface area contributed by atoms with E-state index >= 15 is 0 Å². The van der Waals surface area contributed by atoms with Gasteiger partial charge in [0.25, 0.3) is 0 Å². The second-order valence-electron chi connectivity index (χ2n) is 4.90. The molecule has 22 heavy (non-hydrogen) atoms. The molecule has 1 heterocycles. The second kappa shape index (κ2) is 6.03. The molecule has 0 bridgehead atoms. The van der Waals surface area contributed by atoms with E-state index in [0.717, 1.165) is 22.4 Å². The molecular formula is C17H15ClN4. The molecule has 0 radical (unpaired) electrons. The van der Waals surface area contributed by atoms with Crippen LogP contribution in [0.15, 0.2) is 59.8 Å². The van der Waals surface area contributed by atoms with Gasteiger partial charge in [0.1, 0.15) is 0 Å². The summed E-state index contributed by atoms with van der Waals surface area (Å²) >= 11 is 6.30. The van der Waals surface area contributed by atoms with E-state index < -0.39 is 0 Å². The molecule has 0 atom stereocenters. The first-order chi connectivity index (χ1) is 10.6. The summed E-state index contributed by atoms with van der Waals surface area (Å²) in [6, 6.07) is 15.7. The van der Waals surface area contributed by atoms with Crippen LogP contribution in [0.3, 0.4) is 0 Å². The van der Waals surface area contributed by atoms with Crippen molar-refractivity contribution >= 4 is 23.8 Å². The van der Waals surface area contributed by atoms with Gasteiger partial charge in [-0.1, -0.05) is 54.1 Å². The first-order valence-electron chi connectivity index (χ1n) is 6.85. The molecule has 3 rings (SSSR count). The molecule has 5 heteroatoms. The molecule has 0 aliphatic heterocycles. The van der Waals surface area contributed by atoms with Crippen LogP contribution in [-0.4, -0.2) is 15.9 Å². The number of nitrogen functional groups attached to an aromatic ring is 1. The van der Waals surface area contributed by atoms with Crippen molar-refractivity contribution in [3.63, 3.8) is 0 Å². The summed E-state index contributed by atoms with van der Waals surface area (Å²) in [4.78, 5) is 4.12. The fourth-order valence-corrected chi connectivity index (χ4v) is 2.49. The lowest BCUT2D eigenvalue weighted by Crippen LogP contribution is -1.97. The Kier molecular flexibility index (Phi) is 3.94. The molecule has 0 saturated heterocycles. The number of aryl methyl sites for hydroxylation is 1. The summed E-state index contributed by atoms with van der Waals surface area (Å²) in [5.41, 5.74) is 9.58. The fourth-order valence-electron chi connectivity index (χ4n) is 2.26. The monoisotopic (exact) mass is 310 g/mol. The van der Waals surface area contributed by atoms with E-state index in [4.69, 9.17) is 17.3 Å². The third kappa shape index (κ3) is 2.87. The molecule has 0 saturated carbocycles. The van der Waals surface area contributed by atoms with E-state index in [0.29, 0.717) is 11.0 Å². The van der Waals surface area contributed by atoms with Gasteiger partial charge in [-0.2, -0.15) is 5.10 Å². The molecule has 110 valence electrons. The number of rotatable bonds is 3. The molecule has 0 aliphatic rings. The number of hydrogen-bond donors (Lipinski definition) is 1. The van der Waals surface area contributed by atoms with Crippen LogP contribution in [0.1, 0.15) is 11.3 Å². The summed E-state index contributed by atoms with van der Waals surface area (Å²) in [7, 11) is 0. The molecule has 0 amide bonds. The Morgan fingerprint density at radius 1 is 1.09 bits per heavy atom. The van der Waals surface area contributed by atoms with Crippen molar-refractivity contribution in [3.8, 4) is 11.1 Å². The van der Waals surface area contributed by atoms with Crippen molar-refractivity contribution in [1.82, 2.24) is 9.66 Å². The average molecular weight is 311 g/mol. The van der Waals surface area contributed by atoms with Crippen molar-refractivity contribution in [2.45, 2.75) is 6.92 Å². The summed E-state index contributed by atoms with van der Waals surface area (Å²) < 4.78 is 1.55. The molecule has 1 aromatic heterocycles. The van der Waals surface area contributed by atoms with Crippen LogP contribution >= 0.6 is 11.6 Å². The van der Waals surface area contributed by atoms with Crippen molar-refractivity contribution < 1.29 is 0 Å². The number of nitrogens with two attached hydrogens (primary N) is 1. The summed E-state index contributed by atoms with van der Waals surface area (Å²) in [5.74, 6) is 0.365. The number of halogens is 1. The SMILES string of the molecule is Cc1cn(N=Cc2ccccc2-c2ccccc2Cl)c(N)n1. The van der Waals surface area contributed by atoms with Crippen LogP contribution in [0.25, 0.3) is 11.1 Å². The Bertz CT molecular complexity index is 836. The number of nitrogens with zero attached hydrogens (tertiary/aromatic N) is 3. The first-order valence-corrected chi connectivity index (χ1v) is 7.22. The standard InChI is InChI=1S/C17H15ClN4/c1-12-11-22(17(19)21-12)20-10-13-6-2-3-7-14(13)15-8-4-5-9-16(15)18/h2-11H,1H3,(H2,19,21). The smallest absolute Gasteiger partial charge is 0.221 e. The van der Waals surface area contributed by atoms with E-state index in [1.165, 1.54) is 0 Å². The highest BCUT2D eigenvalue weighted by Gasteiger charge is 2.06. The van der Waals surface area contributed by atoms with E-state index in [2.05, 4.69) is 10.1 Å². The molecule has 2 aromatic carbocycles. The predicted molar refractivity (Wildman–Crippen MR) is 91.3 cm³/mol. The topological polar surface area (TPSA) is 56.2 Å². The van der Waals surface area contributed by atoms with Crippen molar-refractivity contribution in [1.29, 1.82) is 0 Å². The van der Waals surface area contributed by atoms with Crippen LogP contribution in [0, 0.1) is 6.92 Å². The van der Waals surface area contributed by atoms with E-state index in [1.54, 1.807) is 17.1 Å². The molecule has 0 spiro atoms. The quantitative estimate of drug-likeness (QED) is 0.744. The second-order valence-corrected chi connectivity index (χ2v) is 5.30. The number of aromatic nitrogens is 2. The van der Waals surface area contributed by atoms with Crippen LogP contribution in [0.4, 0.5) is 5.95 Å². The third-order valence-corrected chi connectivity index (χ3v) is 3.61. The minimum Gasteiger partial charge on any atom is -0.368 e. The molecule has 3 aromatic rings. The van der Waals surface area contributed by atoms with Gasteiger partial charge in [-0.3, -0.25) is 0 Å². The van der Waals surface area contributed by atoms with Gasteiger partial charge in [0, 0.05) is 16.1 Å². The van der Waals surface area contributed by atoms with Crippen LogP contribution in [-0.2, 0) is 0 Å². The lowest BCUT2D eigenvalue weighted by Gasteiger charge is -2.07. The Hall–Kier alpha value is -2.59. The maximum atomic E-state index is 6.30. The van der Waals surface area contributed by atoms with Crippen molar-refractivity contribution in [2.24, 2.45) is 5.10 Å². The normalized spacial score (nSPS) is 11.2. The maximum Gasteiger partial charge on any atom is 0.221 e. The average Bonchev–Trinajstić information content (AvgIpc) is 2.84. The Labute approximate surface area is 133 Å². The zero-order valence-electron chi connectivity index (χ0n) is 12.1. The molecule has 0 aliphatic carbocycles. The van der Waals surface area contributed by atoms with Gasteiger partial charge in [0.15, 0.2) is 0 Å². The minimum absolute atomic E-state index is 0.365. The predicted octanol–water partition coefficient (Wildman–Crippen LogP) is 3.98. The number of anilines is 1. The van der Waals surface area contributed by atoms with Gasteiger partial charge >= 0.3 is 0 Å². The zero-order valence-corrected chi connectivity index (χ0v) is 12.8. The van der Waals surface area contributed by atoms with Gasteiger partial charge in [-0.15, -0.1) is 0 Å². The highest BCUT2D eigenvalue weighted by molar-refractivity contribution is 6.33. The molecule has 4 nitrogen and oxygen atoms in total. The van der Waals surface area contributed by atoms with Gasteiger partial charge in [0.2, 0.25) is 5.95 Å². The Morgan fingerprint density at radius 2 is 1.77 bits per heavy atom. The van der Waals surface area contributed by atoms with Crippen LogP contribution < -0.4 is 5.73 Å². The zero-order chi connectivity index (χ0) is 15.5. The van der Waals surface area contributed by atoms with E-state index in [9.17, 15) is 0 Å². The van der Waals surface area contributed by atoms with Crippen molar-refractivity contribution in [3.05, 3.63) is 71.0 Å². The summed E-state index contributed by atoms with van der Waals surface area (Å²) in [6.45, 7) is 1.88. The van der Waals surface area contributed by atoms with Gasteiger partial charge in [-0.25, -0.2) is 9.66 Å². The van der Waals surface area contributed by atoms with Crippen LogP contribution in [0.5, 0.6) is 0 Å². The van der Waals surface area contributed by atoms with Crippen molar-refractivity contribution in [2.75, 3.05) is 5.73 Å². The third-order valence-electron chi connectivity index (χ3n) is 3.28. The fraction of sp³-hybridized carbons (Fsp3) is 0.0588. The highest BCUT2D eigenvalue weighted by atomic mass is 35.5. The Balaban J connectivity index is 2.02. The summed E-state index contributed by atoms with van der Waals surface area (Å²) in [5, 5.41) is 5.08. The highest BCUT2D eigenvalue weighted by Crippen LogP contribution is 2.29. The molecular weight excluding hydrogens is 296 g/mol. The Morgan fingerprint density at radius 3 is 2.45 bits per heavy atom. The minimum atomic E-state index is 0.365. The first kappa shape index (κ1) is 14.4. The van der Waals surface area contributed by atoms with E-state index in [-0.39, 0.29) is 0 Å². The lowest BCUT2D eigenvalue weighted by molar-refractivity contribution is 0.897. The van der Waals surface area contributed by atoms with E-state index in [1.807, 2.05) is 55.5 Å². The number of benzene rings is 2.